The normalized spacial score (nSPS) is 11.5. The summed E-state index contributed by atoms with van der Waals surface area (Å²) in [5.41, 5.74) is 0.648. The smallest absolute Gasteiger partial charge is 0.338 e. The van der Waals surface area contributed by atoms with Gasteiger partial charge in [0.05, 0.1) is 22.9 Å². The molecule has 0 aliphatic heterocycles. The van der Waals surface area contributed by atoms with Crippen LogP contribution in [0.4, 0.5) is 10.1 Å². The molecular weight excluding hydrogens is 361 g/mol. The standard InChI is InChI=1S/C19H19ClFNO4/c1-3-17(26-14-8-6-13(21)7-9-14)18(23)22-16-10-5-12(11-15(16)20)19(24)25-4-2/h5-11,17H,3-4H2,1-2H3,(H,22,23)/t17-/m0/s1. The minimum Gasteiger partial charge on any atom is -0.481 e. The molecule has 2 rings (SSSR count). The zero-order chi connectivity index (χ0) is 19.1. The number of anilines is 1. The molecule has 0 unspecified atom stereocenters. The van der Waals surface area contributed by atoms with Gasteiger partial charge in [-0.1, -0.05) is 18.5 Å². The summed E-state index contributed by atoms with van der Waals surface area (Å²) in [6.45, 7) is 3.76. The summed E-state index contributed by atoms with van der Waals surface area (Å²) in [6.07, 6.45) is -0.372. The summed E-state index contributed by atoms with van der Waals surface area (Å²) in [7, 11) is 0. The van der Waals surface area contributed by atoms with E-state index < -0.39 is 18.0 Å². The van der Waals surface area contributed by atoms with E-state index >= 15 is 0 Å². The summed E-state index contributed by atoms with van der Waals surface area (Å²) >= 11 is 6.14. The van der Waals surface area contributed by atoms with Gasteiger partial charge in [0.2, 0.25) is 0 Å². The van der Waals surface area contributed by atoms with E-state index in [9.17, 15) is 14.0 Å². The van der Waals surface area contributed by atoms with Crippen LogP contribution in [0.5, 0.6) is 5.75 Å². The Kier molecular flexibility index (Phi) is 6.97. The fraction of sp³-hybridized carbons (Fsp3) is 0.263. The lowest BCUT2D eigenvalue weighted by molar-refractivity contribution is -0.122. The highest BCUT2D eigenvalue weighted by Crippen LogP contribution is 2.24. The predicted molar refractivity (Wildman–Crippen MR) is 97.1 cm³/mol. The second-order valence-electron chi connectivity index (χ2n) is 5.37. The Balaban J connectivity index is 2.07. The molecule has 5 nitrogen and oxygen atoms in total. The van der Waals surface area contributed by atoms with E-state index in [0.29, 0.717) is 23.4 Å². The number of rotatable bonds is 7. The summed E-state index contributed by atoms with van der Waals surface area (Å²) in [5, 5.41) is 2.88. The predicted octanol–water partition coefficient (Wildman–Crippen LogP) is 4.45. The molecule has 1 N–H and O–H groups in total. The monoisotopic (exact) mass is 379 g/mol. The van der Waals surface area contributed by atoms with Crippen LogP contribution in [0.2, 0.25) is 5.02 Å². The highest BCUT2D eigenvalue weighted by atomic mass is 35.5. The van der Waals surface area contributed by atoms with Crippen LogP contribution in [-0.2, 0) is 9.53 Å². The van der Waals surface area contributed by atoms with Gasteiger partial charge < -0.3 is 14.8 Å². The van der Waals surface area contributed by atoms with E-state index in [2.05, 4.69) is 5.32 Å². The average Bonchev–Trinajstić information content (AvgIpc) is 2.63. The molecule has 2 aromatic rings. The molecule has 0 radical (unpaired) electrons. The van der Waals surface area contributed by atoms with Crippen LogP contribution in [0.1, 0.15) is 30.6 Å². The number of ether oxygens (including phenoxy) is 2. The van der Waals surface area contributed by atoms with Gasteiger partial charge in [0, 0.05) is 0 Å². The second kappa shape index (κ2) is 9.20. The SMILES string of the molecule is CCOC(=O)c1ccc(NC(=O)[C@H](CC)Oc2ccc(F)cc2)c(Cl)c1. The molecule has 0 aliphatic rings. The Morgan fingerprint density at radius 3 is 2.42 bits per heavy atom. The number of hydrogen-bond donors (Lipinski definition) is 1. The molecule has 0 aromatic heterocycles. The van der Waals surface area contributed by atoms with Gasteiger partial charge in [-0.2, -0.15) is 0 Å². The van der Waals surface area contributed by atoms with Crippen molar-refractivity contribution in [1.29, 1.82) is 0 Å². The van der Waals surface area contributed by atoms with Gasteiger partial charge >= 0.3 is 5.97 Å². The lowest BCUT2D eigenvalue weighted by Crippen LogP contribution is -2.32. The maximum Gasteiger partial charge on any atom is 0.338 e. The zero-order valence-corrected chi connectivity index (χ0v) is 15.2. The number of carbonyl (C=O) groups excluding carboxylic acids is 2. The quantitative estimate of drug-likeness (QED) is 0.722. The van der Waals surface area contributed by atoms with Crippen molar-refractivity contribution >= 4 is 29.2 Å². The van der Waals surface area contributed by atoms with Crippen LogP contribution in [0.25, 0.3) is 0 Å². The van der Waals surface area contributed by atoms with Gasteiger partial charge in [-0.05, 0) is 55.8 Å². The molecule has 0 bridgehead atoms. The number of benzene rings is 2. The summed E-state index contributed by atoms with van der Waals surface area (Å²) in [4.78, 5) is 24.1. The van der Waals surface area contributed by atoms with Crippen molar-refractivity contribution in [3.8, 4) is 5.75 Å². The Morgan fingerprint density at radius 2 is 1.85 bits per heavy atom. The van der Waals surface area contributed by atoms with Gasteiger partial charge in [-0.25, -0.2) is 9.18 Å². The van der Waals surface area contributed by atoms with E-state index in [1.54, 1.807) is 13.8 Å². The third-order valence-corrected chi connectivity index (χ3v) is 3.81. The second-order valence-corrected chi connectivity index (χ2v) is 5.78. The van der Waals surface area contributed by atoms with Crippen LogP contribution in [-0.4, -0.2) is 24.6 Å². The molecule has 0 fully saturated rings. The fourth-order valence-electron chi connectivity index (χ4n) is 2.17. The van der Waals surface area contributed by atoms with E-state index in [-0.39, 0.29) is 17.4 Å². The molecule has 0 saturated carbocycles. The Hall–Kier alpha value is -2.60. The van der Waals surface area contributed by atoms with Crippen molar-refractivity contribution < 1.29 is 23.5 Å². The van der Waals surface area contributed by atoms with E-state index in [1.807, 2.05) is 0 Å². The molecule has 2 aromatic carbocycles. The lowest BCUT2D eigenvalue weighted by atomic mass is 10.2. The van der Waals surface area contributed by atoms with Crippen LogP contribution in [0, 0.1) is 5.82 Å². The van der Waals surface area contributed by atoms with Crippen LogP contribution >= 0.6 is 11.6 Å². The molecule has 0 aliphatic carbocycles. The molecule has 138 valence electrons. The highest BCUT2D eigenvalue weighted by molar-refractivity contribution is 6.34. The molecule has 0 saturated heterocycles. The average molecular weight is 380 g/mol. The number of hydrogen-bond acceptors (Lipinski definition) is 4. The summed E-state index contributed by atoms with van der Waals surface area (Å²) in [6, 6.07) is 9.88. The molecule has 1 amide bonds. The summed E-state index contributed by atoms with van der Waals surface area (Å²) < 4.78 is 23.4. The van der Waals surface area contributed by atoms with Crippen LogP contribution in [0.15, 0.2) is 42.5 Å². The Morgan fingerprint density at radius 1 is 1.15 bits per heavy atom. The first-order valence-corrected chi connectivity index (χ1v) is 8.52. The van der Waals surface area contributed by atoms with Gasteiger partial charge in [0.1, 0.15) is 11.6 Å². The molecule has 26 heavy (non-hydrogen) atoms. The van der Waals surface area contributed by atoms with Crippen molar-refractivity contribution in [1.82, 2.24) is 0 Å². The number of esters is 1. The third-order valence-electron chi connectivity index (χ3n) is 3.49. The zero-order valence-electron chi connectivity index (χ0n) is 14.4. The third kappa shape index (κ3) is 5.20. The van der Waals surface area contributed by atoms with Crippen molar-refractivity contribution in [2.75, 3.05) is 11.9 Å². The Labute approximate surface area is 156 Å². The number of amides is 1. The van der Waals surface area contributed by atoms with E-state index in [1.165, 1.54) is 42.5 Å². The van der Waals surface area contributed by atoms with Crippen molar-refractivity contribution in [3.05, 3.63) is 58.9 Å². The molecule has 0 spiro atoms. The first-order chi connectivity index (χ1) is 12.4. The molecule has 1 atom stereocenters. The first-order valence-electron chi connectivity index (χ1n) is 8.14. The van der Waals surface area contributed by atoms with E-state index in [0.717, 1.165) is 0 Å². The summed E-state index contributed by atoms with van der Waals surface area (Å²) in [5.74, 6) is -0.888. The van der Waals surface area contributed by atoms with Gasteiger partial charge in [0.25, 0.3) is 5.91 Å². The molecular formula is C19H19ClFNO4. The number of nitrogens with one attached hydrogen (secondary N) is 1. The van der Waals surface area contributed by atoms with Crippen molar-refractivity contribution in [2.45, 2.75) is 26.4 Å². The Bertz CT molecular complexity index is 780. The minimum atomic E-state index is -0.777. The number of halogens is 2. The topological polar surface area (TPSA) is 64.6 Å². The maximum absolute atomic E-state index is 13.0. The largest absolute Gasteiger partial charge is 0.481 e. The van der Waals surface area contributed by atoms with Gasteiger partial charge in [0.15, 0.2) is 6.10 Å². The number of carbonyl (C=O) groups is 2. The highest BCUT2D eigenvalue weighted by Gasteiger charge is 2.20. The van der Waals surface area contributed by atoms with Gasteiger partial charge in [-0.3, -0.25) is 4.79 Å². The van der Waals surface area contributed by atoms with Crippen LogP contribution in [0.3, 0.4) is 0 Å². The lowest BCUT2D eigenvalue weighted by Gasteiger charge is -2.18. The van der Waals surface area contributed by atoms with Crippen molar-refractivity contribution in [3.63, 3.8) is 0 Å². The molecule has 0 heterocycles. The first kappa shape index (κ1) is 19.7. The van der Waals surface area contributed by atoms with Crippen LogP contribution < -0.4 is 10.1 Å². The van der Waals surface area contributed by atoms with E-state index in [4.69, 9.17) is 21.1 Å². The van der Waals surface area contributed by atoms with Gasteiger partial charge in [-0.15, -0.1) is 0 Å². The minimum absolute atomic E-state index is 0.209. The van der Waals surface area contributed by atoms with Crippen molar-refractivity contribution in [2.24, 2.45) is 0 Å². The maximum atomic E-state index is 13.0. The fourth-order valence-corrected chi connectivity index (χ4v) is 2.40. The molecule has 7 heteroatoms.